The summed E-state index contributed by atoms with van der Waals surface area (Å²) in [5.74, 6) is 0.934. The smallest absolute Gasteiger partial charge is 0.220 e. The summed E-state index contributed by atoms with van der Waals surface area (Å²) >= 11 is 0. The van der Waals surface area contributed by atoms with Gasteiger partial charge in [0.15, 0.2) is 0 Å². The van der Waals surface area contributed by atoms with E-state index in [1.54, 1.807) is 11.8 Å². The van der Waals surface area contributed by atoms with Crippen LogP contribution in [0.5, 0.6) is 5.88 Å². The van der Waals surface area contributed by atoms with Gasteiger partial charge in [-0.05, 0) is 19.8 Å². The van der Waals surface area contributed by atoms with E-state index >= 15 is 0 Å². The number of hydrogen-bond acceptors (Lipinski definition) is 3. The largest absolute Gasteiger partial charge is 0.481 e. The molecule has 1 saturated heterocycles. The summed E-state index contributed by atoms with van der Waals surface area (Å²) in [6, 6.07) is 0.226. The molecule has 5 nitrogen and oxygen atoms in total. The van der Waals surface area contributed by atoms with Crippen molar-refractivity contribution in [3.8, 4) is 5.88 Å². The molecule has 2 heterocycles. The molecule has 16 heavy (non-hydrogen) atoms. The molecule has 0 aromatic carbocycles. The third-order valence-corrected chi connectivity index (χ3v) is 3.02. The average molecular weight is 223 g/mol. The van der Waals surface area contributed by atoms with Crippen LogP contribution in [0.4, 0.5) is 0 Å². The Bertz CT molecular complexity index is 412. The van der Waals surface area contributed by atoms with Gasteiger partial charge in [-0.1, -0.05) is 0 Å². The Morgan fingerprint density at radius 1 is 1.62 bits per heavy atom. The third-order valence-electron chi connectivity index (χ3n) is 3.02. The number of carbonyl (C=O) groups is 1. The number of methoxy groups -OCH3 is 1. The fraction of sp³-hybridized carbons (Fsp3) is 0.636. The molecule has 0 bridgehead atoms. The van der Waals surface area contributed by atoms with Gasteiger partial charge in [0, 0.05) is 25.1 Å². The predicted molar refractivity (Wildman–Crippen MR) is 59.4 cm³/mol. The first-order valence-electron chi connectivity index (χ1n) is 5.47. The van der Waals surface area contributed by atoms with Crippen molar-refractivity contribution < 1.29 is 9.53 Å². The summed E-state index contributed by atoms with van der Waals surface area (Å²) in [4.78, 5) is 11.1. The van der Waals surface area contributed by atoms with Crippen molar-refractivity contribution in [2.45, 2.75) is 32.2 Å². The Hall–Kier alpha value is -1.52. The van der Waals surface area contributed by atoms with Gasteiger partial charge in [-0.15, -0.1) is 0 Å². The number of carbonyl (C=O) groups excluding carboxylic acids is 1. The van der Waals surface area contributed by atoms with Gasteiger partial charge in [0.05, 0.1) is 12.8 Å². The van der Waals surface area contributed by atoms with Crippen LogP contribution in [0.2, 0.25) is 0 Å². The molecular weight excluding hydrogens is 206 g/mol. The van der Waals surface area contributed by atoms with Crippen molar-refractivity contribution in [3.63, 3.8) is 0 Å². The molecule has 1 N–H and O–H groups in total. The van der Waals surface area contributed by atoms with Crippen LogP contribution >= 0.6 is 0 Å². The SMILES string of the molecule is COc1c(CC2CCC(=O)N2)c(C)nn1C. The number of amides is 1. The van der Waals surface area contributed by atoms with Gasteiger partial charge in [-0.2, -0.15) is 5.10 Å². The predicted octanol–water partition coefficient (Wildman–Crippen LogP) is 0.558. The molecule has 1 unspecified atom stereocenters. The summed E-state index contributed by atoms with van der Waals surface area (Å²) in [6.45, 7) is 1.97. The molecule has 0 aliphatic carbocycles. The van der Waals surface area contributed by atoms with Crippen LogP contribution in [0.15, 0.2) is 0 Å². The topological polar surface area (TPSA) is 56.1 Å². The fourth-order valence-electron chi connectivity index (χ4n) is 2.25. The molecule has 1 aliphatic rings. The van der Waals surface area contributed by atoms with E-state index in [0.717, 1.165) is 30.0 Å². The monoisotopic (exact) mass is 223 g/mol. The zero-order chi connectivity index (χ0) is 11.7. The molecule has 1 aliphatic heterocycles. The van der Waals surface area contributed by atoms with Crippen molar-refractivity contribution in [2.24, 2.45) is 7.05 Å². The Morgan fingerprint density at radius 3 is 2.94 bits per heavy atom. The minimum absolute atomic E-state index is 0.144. The molecule has 5 heteroatoms. The second-order valence-corrected chi connectivity index (χ2v) is 4.20. The summed E-state index contributed by atoms with van der Waals surface area (Å²) in [5, 5.41) is 7.28. The molecule has 1 atom stereocenters. The quantitative estimate of drug-likeness (QED) is 0.814. The highest BCUT2D eigenvalue weighted by Crippen LogP contribution is 2.24. The zero-order valence-electron chi connectivity index (χ0n) is 9.91. The van der Waals surface area contributed by atoms with Crippen LogP contribution in [-0.2, 0) is 18.3 Å². The number of ether oxygens (including phenoxy) is 1. The third kappa shape index (κ3) is 1.89. The van der Waals surface area contributed by atoms with Crippen molar-refractivity contribution in [3.05, 3.63) is 11.3 Å². The Labute approximate surface area is 94.8 Å². The van der Waals surface area contributed by atoms with Crippen molar-refractivity contribution in [1.29, 1.82) is 0 Å². The minimum Gasteiger partial charge on any atom is -0.481 e. The van der Waals surface area contributed by atoms with E-state index in [0.29, 0.717) is 6.42 Å². The van der Waals surface area contributed by atoms with E-state index in [2.05, 4.69) is 10.4 Å². The first-order chi connectivity index (χ1) is 7.61. The van der Waals surface area contributed by atoms with E-state index in [1.165, 1.54) is 0 Å². The van der Waals surface area contributed by atoms with Gasteiger partial charge >= 0.3 is 0 Å². The van der Waals surface area contributed by atoms with Gasteiger partial charge in [0.1, 0.15) is 0 Å². The summed E-state index contributed by atoms with van der Waals surface area (Å²) in [6.07, 6.45) is 2.33. The summed E-state index contributed by atoms with van der Waals surface area (Å²) < 4.78 is 7.06. The van der Waals surface area contributed by atoms with Crippen LogP contribution in [0.1, 0.15) is 24.1 Å². The number of rotatable bonds is 3. The van der Waals surface area contributed by atoms with Crippen LogP contribution < -0.4 is 10.1 Å². The normalized spacial score (nSPS) is 19.9. The lowest BCUT2D eigenvalue weighted by molar-refractivity contribution is -0.119. The molecule has 1 amide bonds. The molecular formula is C11H17N3O2. The highest BCUT2D eigenvalue weighted by molar-refractivity contribution is 5.78. The Kier molecular flexibility index (Phi) is 2.85. The van der Waals surface area contributed by atoms with Crippen LogP contribution in [0.3, 0.4) is 0 Å². The lowest BCUT2D eigenvalue weighted by Gasteiger charge is -2.10. The maximum atomic E-state index is 11.1. The maximum absolute atomic E-state index is 11.1. The number of nitrogens with zero attached hydrogens (tertiary/aromatic N) is 2. The van der Waals surface area contributed by atoms with E-state index in [1.807, 2.05) is 14.0 Å². The molecule has 1 fully saturated rings. The molecule has 88 valence electrons. The van der Waals surface area contributed by atoms with Crippen molar-refractivity contribution in [2.75, 3.05) is 7.11 Å². The fourth-order valence-corrected chi connectivity index (χ4v) is 2.25. The first kappa shape index (κ1) is 11.0. The van der Waals surface area contributed by atoms with E-state index < -0.39 is 0 Å². The lowest BCUT2D eigenvalue weighted by atomic mass is 10.1. The van der Waals surface area contributed by atoms with Gasteiger partial charge in [-0.25, -0.2) is 4.68 Å². The summed E-state index contributed by atoms with van der Waals surface area (Å²) in [7, 11) is 3.51. The van der Waals surface area contributed by atoms with Crippen LogP contribution in [0, 0.1) is 6.92 Å². The van der Waals surface area contributed by atoms with Gasteiger partial charge < -0.3 is 10.1 Å². The van der Waals surface area contributed by atoms with E-state index in [-0.39, 0.29) is 11.9 Å². The van der Waals surface area contributed by atoms with E-state index in [4.69, 9.17) is 4.74 Å². The first-order valence-corrected chi connectivity index (χ1v) is 5.47. The molecule has 0 saturated carbocycles. The maximum Gasteiger partial charge on any atom is 0.220 e. The van der Waals surface area contributed by atoms with Gasteiger partial charge in [0.2, 0.25) is 11.8 Å². The number of hydrogen-bond donors (Lipinski definition) is 1. The van der Waals surface area contributed by atoms with Crippen molar-refractivity contribution >= 4 is 5.91 Å². The second kappa shape index (κ2) is 4.15. The zero-order valence-corrected chi connectivity index (χ0v) is 9.91. The molecule has 2 rings (SSSR count). The van der Waals surface area contributed by atoms with Crippen molar-refractivity contribution in [1.82, 2.24) is 15.1 Å². The number of aromatic nitrogens is 2. The van der Waals surface area contributed by atoms with E-state index in [9.17, 15) is 4.79 Å². The second-order valence-electron chi connectivity index (χ2n) is 4.20. The number of nitrogens with one attached hydrogen (secondary N) is 1. The Morgan fingerprint density at radius 2 is 2.38 bits per heavy atom. The summed E-state index contributed by atoms with van der Waals surface area (Å²) in [5.41, 5.74) is 2.07. The molecule has 0 spiro atoms. The van der Waals surface area contributed by atoms with Gasteiger partial charge in [0.25, 0.3) is 0 Å². The van der Waals surface area contributed by atoms with Crippen LogP contribution in [-0.4, -0.2) is 28.8 Å². The number of aryl methyl sites for hydroxylation is 2. The minimum atomic E-state index is 0.144. The standard InChI is InChI=1S/C11H17N3O2/c1-7-9(11(16-3)14(2)13-7)6-8-4-5-10(15)12-8/h8H,4-6H2,1-3H3,(H,12,15). The molecule has 1 aromatic rings. The molecule has 1 aromatic heterocycles. The van der Waals surface area contributed by atoms with Gasteiger partial charge in [-0.3, -0.25) is 4.79 Å². The highest BCUT2D eigenvalue weighted by atomic mass is 16.5. The Balaban J connectivity index is 2.17. The highest BCUT2D eigenvalue weighted by Gasteiger charge is 2.24. The lowest BCUT2D eigenvalue weighted by Crippen LogP contribution is -2.27. The molecule has 0 radical (unpaired) electrons. The average Bonchev–Trinajstić information content (AvgIpc) is 2.73. The van der Waals surface area contributed by atoms with Crippen LogP contribution in [0.25, 0.3) is 0 Å².